The molecule has 2 N–H and O–H groups in total. The van der Waals surface area contributed by atoms with Crippen molar-refractivity contribution in [1.29, 1.82) is 0 Å². The van der Waals surface area contributed by atoms with Gasteiger partial charge in [0.2, 0.25) is 10.0 Å². The van der Waals surface area contributed by atoms with Crippen LogP contribution in [-0.2, 0) is 10.0 Å². The number of thioether (sulfide) groups is 1. The second kappa shape index (κ2) is 11.1. The lowest BCUT2D eigenvalue weighted by Crippen LogP contribution is -2.40. The van der Waals surface area contributed by atoms with Crippen molar-refractivity contribution < 1.29 is 8.42 Å². The molecule has 0 amide bonds. The Morgan fingerprint density at radius 2 is 1.93 bits per heavy atom. The lowest BCUT2D eigenvalue weighted by molar-refractivity contribution is 0.280. The van der Waals surface area contributed by atoms with Crippen LogP contribution in [0.5, 0.6) is 0 Å². The van der Waals surface area contributed by atoms with E-state index in [1.165, 1.54) is 11.2 Å². The van der Waals surface area contributed by atoms with E-state index in [2.05, 4.69) is 15.6 Å². The van der Waals surface area contributed by atoms with Crippen molar-refractivity contribution in [2.24, 2.45) is 10.9 Å². The Balaban J connectivity index is 1.73. The number of nitrogens with zero attached hydrogens (tertiary/aromatic N) is 2. The van der Waals surface area contributed by atoms with Crippen LogP contribution in [0.3, 0.4) is 0 Å². The lowest BCUT2D eigenvalue weighted by atomic mass is 9.98. The van der Waals surface area contributed by atoms with Crippen LogP contribution in [-0.4, -0.2) is 63.4 Å². The first-order valence-corrected chi connectivity index (χ1v) is 12.5. The van der Waals surface area contributed by atoms with Gasteiger partial charge >= 0.3 is 0 Å². The number of guanidine groups is 1. The molecule has 0 aromatic heterocycles. The van der Waals surface area contributed by atoms with Crippen LogP contribution in [0, 0.1) is 5.92 Å². The molecule has 1 aromatic rings. The van der Waals surface area contributed by atoms with Crippen molar-refractivity contribution >= 4 is 39.3 Å². The van der Waals surface area contributed by atoms with E-state index in [4.69, 9.17) is 11.6 Å². The lowest BCUT2D eigenvalue weighted by Gasteiger charge is -2.29. The molecule has 1 saturated heterocycles. The van der Waals surface area contributed by atoms with E-state index in [0.29, 0.717) is 19.0 Å². The van der Waals surface area contributed by atoms with E-state index in [0.717, 1.165) is 49.2 Å². The molecule has 0 atom stereocenters. The summed E-state index contributed by atoms with van der Waals surface area (Å²) >= 11 is 7.67. The van der Waals surface area contributed by atoms with Gasteiger partial charge in [-0.15, -0.1) is 11.8 Å². The molecule has 6 nitrogen and oxygen atoms in total. The topological polar surface area (TPSA) is 73.8 Å². The normalized spacial score (nSPS) is 17.1. The third-order valence-corrected chi connectivity index (χ3v) is 6.94. The highest BCUT2D eigenvalue weighted by molar-refractivity contribution is 7.99. The van der Waals surface area contributed by atoms with Crippen molar-refractivity contribution in [3.05, 3.63) is 29.3 Å². The number of benzene rings is 1. The molecule has 0 radical (unpaired) electrons. The number of nitrogens with one attached hydrogen (secondary N) is 2. The summed E-state index contributed by atoms with van der Waals surface area (Å²) < 4.78 is 24.7. The first-order chi connectivity index (χ1) is 12.9. The van der Waals surface area contributed by atoms with E-state index in [9.17, 15) is 8.42 Å². The maximum atomic E-state index is 11.6. The van der Waals surface area contributed by atoms with Gasteiger partial charge in [-0.3, -0.25) is 4.99 Å². The Kier molecular flexibility index (Phi) is 9.21. The minimum Gasteiger partial charge on any atom is -0.357 e. The zero-order valence-electron chi connectivity index (χ0n) is 15.9. The van der Waals surface area contributed by atoms with Crippen molar-refractivity contribution in [3.63, 3.8) is 0 Å². The molecule has 1 aromatic carbocycles. The molecule has 1 aliphatic heterocycles. The molecular weight excluding hydrogens is 404 g/mol. The first-order valence-electron chi connectivity index (χ1n) is 9.24. The van der Waals surface area contributed by atoms with Crippen LogP contribution in [0.25, 0.3) is 0 Å². The highest BCUT2D eigenvalue weighted by atomic mass is 35.5. The van der Waals surface area contributed by atoms with E-state index in [1.54, 1.807) is 16.1 Å². The first kappa shape index (κ1) is 22.3. The van der Waals surface area contributed by atoms with Gasteiger partial charge in [-0.2, -0.15) is 0 Å². The summed E-state index contributed by atoms with van der Waals surface area (Å²) in [6, 6.07) is 7.85. The van der Waals surface area contributed by atoms with Crippen molar-refractivity contribution in [2.45, 2.75) is 24.7 Å². The molecule has 0 spiro atoms. The monoisotopic (exact) mass is 432 g/mol. The molecular formula is C18H29ClN4O2S2. The molecule has 0 aliphatic carbocycles. The molecule has 1 heterocycles. The van der Waals surface area contributed by atoms with E-state index in [1.807, 2.05) is 31.2 Å². The molecule has 0 saturated carbocycles. The van der Waals surface area contributed by atoms with E-state index in [-0.39, 0.29) is 0 Å². The summed E-state index contributed by atoms with van der Waals surface area (Å²) in [6.45, 7) is 5.58. The predicted molar refractivity (Wildman–Crippen MR) is 115 cm³/mol. The van der Waals surface area contributed by atoms with E-state index >= 15 is 0 Å². The van der Waals surface area contributed by atoms with Crippen LogP contribution in [0.4, 0.5) is 0 Å². The minimum absolute atomic E-state index is 0.432. The highest BCUT2D eigenvalue weighted by Gasteiger charge is 2.24. The van der Waals surface area contributed by atoms with Crippen molar-refractivity contribution in [2.75, 3.05) is 44.7 Å². The largest absolute Gasteiger partial charge is 0.357 e. The minimum atomic E-state index is -3.07. The number of piperidine rings is 1. The van der Waals surface area contributed by atoms with Gasteiger partial charge in [0.15, 0.2) is 5.96 Å². The maximum absolute atomic E-state index is 11.6. The summed E-state index contributed by atoms with van der Waals surface area (Å²) in [5.41, 5.74) is 0. The highest BCUT2D eigenvalue weighted by Crippen LogP contribution is 2.20. The van der Waals surface area contributed by atoms with Gasteiger partial charge in [0.1, 0.15) is 0 Å². The van der Waals surface area contributed by atoms with Crippen molar-refractivity contribution in [3.8, 4) is 0 Å². The molecule has 0 bridgehead atoms. The van der Waals surface area contributed by atoms with Crippen LogP contribution >= 0.6 is 23.4 Å². The maximum Gasteiger partial charge on any atom is 0.211 e. The smallest absolute Gasteiger partial charge is 0.211 e. The summed E-state index contributed by atoms with van der Waals surface area (Å²) in [4.78, 5) is 5.88. The van der Waals surface area contributed by atoms with Gasteiger partial charge < -0.3 is 10.6 Å². The average Bonchev–Trinajstić information content (AvgIpc) is 2.64. The number of aliphatic imine (C=N–C) groups is 1. The average molecular weight is 433 g/mol. The number of hydrogen-bond donors (Lipinski definition) is 2. The van der Waals surface area contributed by atoms with Crippen LogP contribution in [0.15, 0.2) is 34.2 Å². The zero-order chi connectivity index (χ0) is 19.7. The fourth-order valence-corrected chi connectivity index (χ4v) is 4.62. The number of sulfonamides is 1. The molecule has 0 unspecified atom stereocenters. The van der Waals surface area contributed by atoms with Gasteiger partial charge in [-0.05, 0) is 49.9 Å². The van der Waals surface area contributed by atoms with Crippen LogP contribution in [0.2, 0.25) is 5.02 Å². The second-order valence-electron chi connectivity index (χ2n) is 6.55. The number of hydrogen-bond acceptors (Lipinski definition) is 4. The van der Waals surface area contributed by atoms with Crippen LogP contribution < -0.4 is 10.6 Å². The fraction of sp³-hybridized carbons (Fsp3) is 0.611. The van der Waals surface area contributed by atoms with Crippen LogP contribution in [0.1, 0.15) is 19.8 Å². The number of halogens is 1. The Bertz CT molecular complexity index is 703. The second-order valence-corrected chi connectivity index (χ2v) is 10.1. The summed E-state index contributed by atoms with van der Waals surface area (Å²) in [5.74, 6) is 2.18. The SMILES string of the molecule is CCNC(=NCC1CCN(S(C)(=O)=O)CC1)NCCSc1ccc(Cl)cc1. The summed E-state index contributed by atoms with van der Waals surface area (Å²) in [6.07, 6.45) is 3.01. The van der Waals surface area contributed by atoms with Crippen molar-refractivity contribution in [1.82, 2.24) is 14.9 Å². The Labute approximate surface area is 172 Å². The molecule has 27 heavy (non-hydrogen) atoms. The van der Waals surface area contributed by atoms with E-state index < -0.39 is 10.0 Å². The van der Waals surface area contributed by atoms with Gasteiger partial charge in [-0.25, -0.2) is 12.7 Å². The van der Waals surface area contributed by atoms with Gasteiger partial charge in [0, 0.05) is 48.4 Å². The van der Waals surface area contributed by atoms with Gasteiger partial charge in [0.25, 0.3) is 0 Å². The number of rotatable bonds is 8. The van der Waals surface area contributed by atoms with Gasteiger partial charge in [0.05, 0.1) is 6.26 Å². The molecule has 9 heteroatoms. The van der Waals surface area contributed by atoms with Gasteiger partial charge in [-0.1, -0.05) is 11.6 Å². The molecule has 1 aliphatic rings. The Hall–Kier alpha value is -0.960. The third-order valence-electron chi connectivity index (χ3n) is 4.37. The Morgan fingerprint density at radius 3 is 2.52 bits per heavy atom. The summed E-state index contributed by atoms with van der Waals surface area (Å²) in [5, 5.41) is 7.38. The molecule has 1 fully saturated rings. The fourth-order valence-electron chi connectivity index (χ4n) is 2.85. The zero-order valence-corrected chi connectivity index (χ0v) is 18.3. The molecule has 2 rings (SSSR count). The quantitative estimate of drug-likeness (QED) is 0.286. The standard InChI is InChI=1S/C18H29ClN4O2S2/c1-3-20-18(21-10-13-26-17-6-4-16(19)5-7-17)22-14-15-8-11-23(12-9-15)27(2,24)25/h4-7,15H,3,8-14H2,1-2H3,(H2,20,21,22). The predicted octanol–water partition coefficient (Wildman–Crippen LogP) is 2.66. The third kappa shape index (κ3) is 8.29. The molecule has 152 valence electrons. The summed E-state index contributed by atoms with van der Waals surface area (Å²) in [7, 11) is -3.07. The Morgan fingerprint density at radius 1 is 1.26 bits per heavy atom.